The van der Waals surface area contributed by atoms with Gasteiger partial charge >= 0.3 is 0 Å². The van der Waals surface area contributed by atoms with Crippen LogP contribution in [0.3, 0.4) is 0 Å². The lowest BCUT2D eigenvalue weighted by molar-refractivity contribution is 0.475. The Hall–Kier alpha value is 0.0300. The summed E-state index contributed by atoms with van der Waals surface area (Å²) in [6.07, 6.45) is 1.07. The second-order valence-corrected chi connectivity index (χ2v) is 3.01. The van der Waals surface area contributed by atoms with Crippen molar-refractivity contribution in [1.82, 2.24) is 4.98 Å². The molecule has 10 heavy (non-hydrogen) atoms. The molecule has 1 heterocycles. The maximum atomic E-state index is 12.5. The van der Waals surface area contributed by atoms with Crippen molar-refractivity contribution in [3.63, 3.8) is 0 Å². The van der Waals surface area contributed by atoms with E-state index < -0.39 is 11.8 Å². The summed E-state index contributed by atoms with van der Waals surface area (Å²) in [5, 5.41) is 0.125. The van der Waals surface area contributed by atoms with Gasteiger partial charge in [0.1, 0.15) is 0 Å². The largest absolute Gasteiger partial charge is 0.250 e. The van der Waals surface area contributed by atoms with Crippen LogP contribution in [0.1, 0.15) is 0 Å². The first-order valence-electron chi connectivity index (χ1n) is 2.28. The van der Waals surface area contributed by atoms with Crippen LogP contribution in [0.2, 0.25) is 5.02 Å². The van der Waals surface area contributed by atoms with E-state index in [1.807, 2.05) is 0 Å². The summed E-state index contributed by atoms with van der Waals surface area (Å²) >= 11 is 7.02. The van der Waals surface area contributed by atoms with Gasteiger partial charge < -0.3 is 0 Å². The summed E-state index contributed by atoms with van der Waals surface area (Å²) < 4.78 is 24.7. The fraction of sp³-hybridized carbons (Fsp3) is 0. The highest BCUT2D eigenvalue weighted by Crippen LogP contribution is 2.20. The molecule has 0 aliphatic carbocycles. The quantitative estimate of drug-likeness (QED) is 0.524. The summed E-state index contributed by atoms with van der Waals surface area (Å²) in [5.74, 6) is -2.11. The van der Waals surface area contributed by atoms with Crippen LogP contribution in [0.15, 0.2) is 6.20 Å². The summed E-state index contributed by atoms with van der Waals surface area (Å²) in [4.78, 5) is 3.06. The van der Waals surface area contributed by atoms with Gasteiger partial charge in [0.05, 0.1) is 14.8 Å². The lowest BCUT2D eigenvalue weighted by Crippen LogP contribution is -1.92. The third-order valence-corrected chi connectivity index (χ3v) is 2.53. The zero-order valence-corrected chi connectivity index (χ0v) is 7.45. The summed E-state index contributed by atoms with van der Waals surface area (Å²) in [5.41, 5.74) is 0. The Balaban J connectivity index is 3.34. The van der Waals surface area contributed by atoms with Crippen LogP contribution in [0, 0.1) is 15.3 Å². The van der Waals surface area contributed by atoms with Crippen molar-refractivity contribution in [3.05, 3.63) is 26.6 Å². The van der Waals surface area contributed by atoms with Crippen molar-refractivity contribution in [2.24, 2.45) is 0 Å². The van der Waals surface area contributed by atoms with Crippen molar-refractivity contribution in [2.75, 3.05) is 0 Å². The van der Waals surface area contributed by atoms with E-state index in [1.54, 1.807) is 22.6 Å². The molecule has 0 spiro atoms. The number of hydrogen-bond donors (Lipinski definition) is 0. The molecule has 54 valence electrons. The van der Waals surface area contributed by atoms with E-state index in [2.05, 4.69) is 4.98 Å². The maximum absolute atomic E-state index is 12.5. The van der Waals surface area contributed by atoms with Gasteiger partial charge in [-0.15, -0.1) is 0 Å². The first-order valence-corrected chi connectivity index (χ1v) is 3.73. The van der Waals surface area contributed by atoms with E-state index in [-0.39, 0.29) is 8.59 Å². The minimum Gasteiger partial charge on any atom is -0.224 e. The van der Waals surface area contributed by atoms with E-state index in [0.29, 0.717) is 0 Å². The SMILES string of the molecule is Fc1ncc(Cl)c(I)c1F. The average Bonchev–Trinajstić information content (AvgIpc) is 1.93. The van der Waals surface area contributed by atoms with Gasteiger partial charge in [-0.25, -0.2) is 9.37 Å². The molecule has 1 nitrogen and oxygen atoms in total. The molecule has 0 bridgehead atoms. The Labute approximate surface area is 74.5 Å². The highest BCUT2D eigenvalue weighted by Gasteiger charge is 2.09. The second-order valence-electron chi connectivity index (χ2n) is 1.52. The first kappa shape index (κ1) is 8.13. The molecule has 0 unspecified atom stereocenters. The molecule has 1 rings (SSSR count). The normalized spacial score (nSPS) is 10.0. The van der Waals surface area contributed by atoms with Crippen LogP contribution in [0.4, 0.5) is 8.78 Å². The van der Waals surface area contributed by atoms with Crippen LogP contribution in [0.25, 0.3) is 0 Å². The lowest BCUT2D eigenvalue weighted by atomic mass is 10.5. The van der Waals surface area contributed by atoms with E-state index >= 15 is 0 Å². The molecule has 0 aliphatic rings. The average molecular weight is 275 g/mol. The standard InChI is InChI=1S/C5HClF2IN/c6-2-1-10-5(8)3(7)4(2)9/h1H. The highest BCUT2D eigenvalue weighted by atomic mass is 127. The number of nitrogens with zero attached hydrogens (tertiary/aromatic N) is 1. The van der Waals surface area contributed by atoms with Gasteiger partial charge in [-0.1, -0.05) is 11.6 Å². The third kappa shape index (κ3) is 1.37. The monoisotopic (exact) mass is 275 g/mol. The molecular weight excluding hydrogens is 274 g/mol. The highest BCUT2D eigenvalue weighted by molar-refractivity contribution is 14.1. The molecule has 5 heteroatoms. The van der Waals surface area contributed by atoms with Gasteiger partial charge in [-0.05, 0) is 22.6 Å². The molecular formula is C5HClF2IN. The van der Waals surface area contributed by atoms with Gasteiger partial charge in [0.15, 0.2) is 5.82 Å². The summed E-state index contributed by atoms with van der Waals surface area (Å²) in [6.45, 7) is 0. The zero-order chi connectivity index (χ0) is 7.72. The topological polar surface area (TPSA) is 12.9 Å². The Morgan fingerprint density at radius 3 is 2.60 bits per heavy atom. The Morgan fingerprint density at radius 2 is 2.10 bits per heavy atom. The van der Waals surface area contributed by atoms with Crippen LogP contribution in [-0.4, -0.2) is 4.98 Å². The Bertz CT molecular complexity index is 239. The first-order chi connectivity index (χ1) is 4.63. The van der Waals surface area contributed by atoms with Gasteiger partial charge in [0.2, 0.25) is 5.95 Å². The maximum Gasteiger partial charge on any atom is 0.250 e. The molecule has 0 atom stereocenters. The molecule has 0 amide bonds. The van der Waals surface area contributed by atoms with E-state index in [9.17, 15) is 8.78 Å². The predicted octanol–water partition coefficient (Wildman–Crippen LogP) is 2.62. The van der Waals surface area contributed by atoms with Crippen LogP contribution in [-0.2, 0) is 0 Å². The molecule has 0 N–H and O–H groups in total. The number of hydrogen-bond acceptors (Lipinski definition) is 1. The molecule has 1 aromatic heterocycles. The van der Waals surface area contributed by atoms with Gasteiger partial charge in [-0.2, -0.15) is 4.39 Å². The van der Waals surface area contributed by atoms with Gasteiger partial charge in [-0.3, -0.25) is 0 Å². The predicted molar refractivity (Wildman–Crippen MR) is 41.9 cm³/mol. The van der Waals surface area contributed by atoms with Crippen LogP contribution < -0.4 is 0 Å². The lowest BCUT2D eigenvalue weighted by Gasteiger charge is -1.95. The van der Waals surface area contributed by atoms with Crippen molar-refractivity contribution in [3.8, 4) is 0 Å². The molecule has 0 saturated carbocycles. The molecule has 0 aliphatic heterocycles. The fourth-order valence-electron chi connectivity index (χ4n) is 0.422. The summed E-state index contributed by atoms with van der Waals surface area (Å²) in [6, 6.07) is 0. The number of rotatable bonds is 0. The Morgan fingerprint density at radius 1 is 1.50 bits per heavy atom. The second kappa shape index (κ2) is 2.96. The molecule has 0 saturated heterocycles. The van der Waals surface area contributed by atoms with Gasteiger partial charge in [0, 0.05) is 0 Å². The third-order valence-electron chi connectivity index (χ3n) is 0.875. The number of pyridine rings is 1. The van der Waals surface area contributed by atoms with E-state index in [4.69, 9.17) is 11.6 Å². The van der Waals surface area contributed by atoms with Crippen LogP contribution in [0.5, 0.6) is 0 Å². The Kier molecular flexibility index (Phi) is 2.40. The molecule has 0 aromatic carbocycles. The number of aromatic nitrogens is 1. The smallest absolute Gasteiger partial charge is 0.224 e. The van der Waals surface area contributed by atoms with Crippen molar-refractivity contribution in [2.45, 2.75) is 0 Å². The van der Waals surface area contributed by atoms with Crippen molar-refractivity contribution < 1.29 is 8.78 Å². The van der Waals surface area contributed by atoms with E-state index in [1.165, 1.54) is 0 Å². The number of halogens is 4. The minimum atomic E-state index is -1.12. The van der Waals surface area contributed by atoms with Crippen molar-refractivity contribution >= 4 is 34.2 Å². The molecule has 0 radical (unpaired) electrons. The van der Waals surface area contributed by atoms with E-state index in [0.717, 1.165) is 6.20 Å². The molecule has 1 aromatic rings. The fourth-order valence-corrected chi connectivity index (χ4v) is 0.916. The van der Waals surface area contributed by atoms with Crippen molar-refractivity contribution in [1.29, 1.82) is 0 Å². The minimum absolute atomic E-state index is 0.0618. The summed E-state index contributed by atoms with van der Waals surface area (Å²) in [7, 11) is 0. The zero-order valence-electron chi connectivity index (χ0n) is 4.54. The molecule has 0 fully saturated rings. The van der Waals surface area contributed by atoms with Gasteiger partial charge in [0.25, 0.3) is 0 Å². The van der Waals surface area contributed by atoms with Crippen LogP contribution >= 0.6 is 34.2 Å².